The van der Waals surface area contributed by atoms with E-state index in [-0.39, 0.29) is 6.04 Å². The van der Waals surface area contributed by atoms with Gasteiger partial charge < -0.3 is 11.1 Å². The van der Waals surface area contributed by atoms with Gasteiger partial charge in [-0.3, -0.25) is 4.68 Å². The van der Waals surface area contributed by atoms with Gasteiger partial charge in [0, 0.05) is 37.3 Å². The minimum absolute atomic E-state index is 0.119. The van der Waals surface area contributed by atoms with Gasteiger partial charge in [-0.05, 0) is 6.92 Å². The molecule has 15 heavy (non-hydrogen) atoms. The molecule has 3 N–H and O–H groups in total. The van der Waals surface area contributed by atoms with Crippen LogP contribution in [-0.4, -0.2) is 27.4 Å². The summed E-state index contributed by atoms with van der Waals surface area (Å²) in [4.78, 5) is 4.27. The molecule has 0 radical (unpaired) electrons. The Balaban J connectivity index is 2.25. The van der Waals surface area contributed by atoms with E-state index >= 15 is 0 Å². The van der Waals surface area contributed by atoms with Crippen molar-refractivity contribution in [1.29, 1.82) is 0 Å². The lowest BCUT2D eigenvalue weighted by atomic mass is 10.3. The number of hydrogen-bond acceptors (Lipinski definition) is 4. The molecule has 0 saturated carbocycles. The smallest absolute Gasteiger partial charge is 0.128 e. The maximum absolute atomic E-state index is 5.65. The normalized spacial score (nSPS) is 13.0. The number of aromatic nitrogens is 3. The predicted molar refractivity (Wildman–Crippen MR) is 60.6 cm³/mol. The Kier molecular flexibility index (Phi) is 2.55. The quantitative estimate of drug-likeness (QED) is 0.775. The zero-order chi connectivity index (χ0) is 10.8. The molecule has 0 amide bonds. The van der Waals surface area contributed by atoms with E-state index in [0.717, 1.165) is 23.3 Å². The van der Waals surface area contributed by atoms with Gasteiger partial charge >= 0.3 is 0 Å². The highest BCUT2D eigenvalue weighted by molar-refractivity contribution is 5.79. The molecule has 0 aliphatic rings. The lowest BCUT2D eigenvalue weighted by Crippen LogP contribution is -2.25. The zero-order valence-electron chi connectivity index (χ0n) is 8.94. The Bertz CT molecular complexity index is 460. The number of rotatable bonds is 3. The summed E-state index contributed by atoms with van der Waals surface area (Å²) in [5, 5.41) is 8.38. The van der Waals surface area contributed by atoms with Gasteiger partial charge in [-0.2, -0.15) is 5.10 Å². The van der Waals surface area contributed by atoms with Gasteiger partial charge in [0.15, 0.2) is 0 Å². The molecule has 1 atom stereocenters. The molecule has 0 spiro atoms. The van der Waals surface area contributed by atoms with E-state index in [1.165, 1.54) is 0 Å². The molecule has 0 aromatic carbocycles. The first-order valence-corrected chi connectivity index (χ1v) is 4.94. The lowest BCUT2D eigenvalue weighted by Gasteiger charge is -2.08. The monoisotopic (exact) mass is 205 g/mol. The molecule has 0 fully saturated rings. The van der Waals surface area contributed by atoms with Crippen LogP contribution in [0.1, 0.15) is 6.92 Å². The first-order chi connectivity index (χ1) is 7.16. The maximum Gasteiger partial charge on any atom is 0.128 e. The third kappa shape index (κ3) is 2.07. The van der Waals surface area contributed by atoms with Crippen LogP contribution in [-0.2, 0) is 7.05 Å². The van der Waals surface area contributed by atoms with Crippen molar-refractivity contribution in [2.75, 3.05) is 11.9 Å². The second-order valence-electron chi connectivity index (χ2n) is 3.75. The molecular formula is C10H15N5. The number of nitrogens with zero attached hydrogens (tertiary/aromatic N) is 3. The van der Waals surface area contributed by atoms with Gasteiger partial charge in [-0.15, -0.1) is 0 Å². The van der Waals surface area contributed by atoms with E-state index in [4.69, 9.17) is 5.73 Å². The second-order valence-corrected chi connectivity index (χ2v) is 3.75. The Hall–Kier alpha value is -1.62. The Morgan fingerprint density at radius 3 is 3.07 bits per heavy atom. The SMILES string of the molecule is CC(N)CNc1cc2c(cn1)cnn2C. The van der Waals surface area contributed by atoms with Gasteiger partial charge in [0.05, 0.1) is 11.7 Å². The molecule has 80 valence electrons. The highest BCUT2D eigenvalue weighted by Gasteiger charge is 2.02. The van der Waals surface area contributed by atoms with E-state index < -0.39 is 0 Å². The Morgan fingerprint density at radius 1 is 1.53 bits per heavy atom. The molecule has 0 saturated heterocycles. The average molecular weight is 205 g/mol. The van der Waals surface area contributed by atoms with Crippen LogP contribution in [0.3, 0.4) is 0 Å². The van der Waals surface area contributed by atoms with Gasteiger partial charge in [-0.25, -0.2) is 4.98 Å². The standard InChI is InChI=1S/C10H15N5/c1-7(11)4-12-10-3-9-8(5-13-10)6-14-15(9)2/h3,5-7H,4,11H2,1-2H3,(H,12,13). The van der Waals surface area contributed by atoms with Gasteiger partial charge in [0.25, 0.3) is 0 Å². The fourth-order valence-electron chi connectivity index (χ4n) is 1.41. The van der Waals surface area contributed by atoms with Crippen molar-refractivity contribution in [2.45, 2.75) is 13.0 Å². The van der Waals surface area contributed by atoms with Gasteiger partial charge in [0.1, 0.15) is 5.82 Å². The van der Waals surface area contributed by atoms with Crippen LogP contribution in [0.5, 0.6) is 0 Å². The van der Waals surface area contributed by atoms with Crippen molar-refractivity contribution in [3.05, 3.63) is 18.5 Å². The summed E-state index contributed by atoms with van der Waals surface area (Å²) in [6.45, 7) is 2.67. The Labute approximate surface area is 88.3 Å². The number of anilines is 1. The van der Waals surface area contributed by atoms with Crippen molar-refractivity contribution in [3.8, 4) is 0 Å². The van der Waals surface area contributed by atoms with Crippen molar-refractivity contribution in [3.63, 3.8) is 0 Å². The molecule has 0 aliphatic carbocycles. The zero-order valence-corrected chi connectivity index (χ0v) is 8.94. The van der Waals surface area contributed by atoms with Gasteiger partial charge in [-0.1, -0.05) is 0 Å². The van der Waals surface area contributed by atoms with E-state index in [0.29, 0.717) is 0 Å². The number of aryl methyl sites for hydroxylation is 1. The molecular weight excluding hydrogens is 190 g/mol. The molecule has 0 aliphatic heterocycles. The van der Waals surface area contributed by atoms with Crippen molar-refractivity contribution in [1.82, 2.24) is 14.8 Å². The highest BCUT2D eigenvalue weighted by Crippen LogP contribution is 2.14. The molecule has 5 heteroatoms. The summed E-state index contributed by atoms with van der Waals surface area (Å²) in [5.74, 6) is 0.836. The number of pyridine rings is 1. The summed E-state index contributed by atoms with van der Waals surface area (Å²) < 4.78 is 1.83. The Morgan fingerprint density at radius 2 is 2.33 bits per heavy atom. The second kappa shape index (κ2) is 3.86. The fraction of sp³-hybridized carbons (Fsp3) is 0.400. The van der Waals surface area contributed by atoms with Gasteiger partial charge in [0.2, 0.25) is 0 Å². The van der Waals surface area contributed by atoms with Crippen LogP contribution in [0.4, 0.5) is 5.82 Å². The van der Waals surface area contributed by atoms with Crippen LogP contribution >= 0.6 is 0 Å². The van der Waals surface area contributed by atoms with E-state index in [1.807, 2.05) is 30.9 Å². The minimum atomic E-state index is 0.119. The third-order valence-corrected chi connectivity index (χ3v) is 2.24. The highest BCUT2D eigenvalue weighted by atomic mass is 15.2. The maximum atomic E-state index is 5.65. The summed E-state index contributed by atoms with van der Waals surface area (Å²) in [6, 6.07) is 2.10. The summed E-state index contributed by atoms with van der Waals surface area (Å²) in [7, 11) is 1.91. The molecule has 1 unspecified atom stereocenters. The first-order valence-electron chi connectivity index (χ1n) is 4.94. The molecule has 2 rings (SSSR count). The first kappa shape index (κ1) is 9.92. The number of hydrogen-bond donors (Lipinski definition) is 2. The van der Waals surface area contributed by atoms with Crippen LogP contribution < -0.4 is 11.1 Å². The molecule has 0 bridgehead atoms. The number of fused-ring (bicyclic) bond motifs is 1. The van der Waals surface area contributed by atoms with Crippen LogP contribution in [0.15, 0.2) is 18.5 Å². The van der Waals surface area contributed by atoms with Crippen molar-refractivity contribution >= 4 is 16.7 Å². The topological polar surface area (TPSA) is 68.8 Å². The minimum Gasteiger partial charge on any atom is -0.368 e. The summed E-state index contributed by atoms with van der Waals surface area (Å²) >= 11 is 0. The molecule has 2 heterocycles. The summed E-state index contributed by atoms with van der Waals surface area (Å²) in [6.07, 6.45) is 3.61. The average Bonchev–Trinajstić information content (AvgIpc) is 2.57. The predicted octanol–water partition coefficient (Wildman–Crippen LogP) is 0.727. The van der Waals surface area contributed by atoms with E-state index in [1.54, 1.807) is 6.20 Å². The fourth-order valence-corrected chi connectivity index (χ4v) is 1.41. The van der Waals surface area contributed by atoms with E-state index in [9.17, 15) is 0 Å². The van der Waals surface area contributed by atoms with Crippen molar-refractivity contribution in [2.24, 2.45) is 12.8 Å². The largest absolute Gasteiger partial charge is 0.368 e. The molecule has 2 aromatic heterocycles. The number of nitrogens with two attached hydrogens (primary N) is 1. The molecule has 2 aromatic rings. The molecule has 5 nitrogen and oxygen atoms in total. The van der Waals surface area contributed by atoms with E-state index in [2.05, 4.69) is 15.4 Å². The lowest BCUT2D eigenvalue weighted by molar-refractivity contribution is 0.776. The van der Waals surface area contributed by atoms with Crippen LogP contribution in [0, 0.1) is 0 Å². The van der Waals surface area contributed by atoms with Crippen molar-refractivity contribution < 1.29 is 0 Å². The third-order valence-electron chi connectivity index (χ3n) is 2.24. The van der Waals surface area contributed by atoms with Crippen LogP contribution in [0.25, 0.3) is 10.9 Å². The van der Waals surface area contributed by atoms with Crippen LogP contribution in [0.2, 0.25) is 0 Å². The summed E-state index contributed by atoms with van der Waals surface area (Å²) in [5.41, 5.74) is 6.72. The number of nitrogens with one attached hydrogen (secondary N) is 1.